The van der Waals surface area contributed by atoms with Crippen LogP contribution in [0.25, 0.3) is 82.3 Å². The minimum Gasteiger partial charge on any atom is -0.352 e. The Kier molecular flexibility index (Phi) is 32.0. The highest BCUT2D eigenvalue weighted by Crippen LogP contribution is 2.38. The molecule has 762 valence electrons. The zero-order valence-electron chi connectivity index (χ0n) is 78.3. The molecule has 5 N–H and O–H groups in total. The van der Waals surface area contributed by atoms with Gasteiger partial charge in [0, 0.05) is 78.1 Å². The molecule has 150 heavy (non-hydrogen) atoms. The molecule has 13 aromatic carbocycles. The average Bonchev–Trinajstić information content (AvgIpc) is 1.64. The average molecular weight is 2110 g/mol. The molecule has 0 saturated carbocycles. The maximum atomic E-state index is 14.2. The Labute approximate surface area is 856 Å². The highest BCUT2D eigenvalue weighted by atomic mass is 35.5. The number of fused-ring (bicyclic) bond motifs is 5. The van der Waals surface area contributed by atoms with Crippen LogP contribution in [0.3, 0.4) is 0 Å². The topological polar surface area (TPSA) is 247 Å². The van der Waals surface area contributed by atoms with E-state index in [1.54, 1.807) is 165 Å². The first-order valence-corrected chi connectivity index (χ1v) is 47.1. The summed E-state index contributed by atoms with van der Waals surface area (Å²) in [5.74, 6) is -4.28. The fourth-order valence-corrected chi connectivity index (χ4v) is 17.0. The Morgan fingerprint density at radius 1 is 0.300 bits per heavy atom. The monoisotopic (exact) mass is 2110 g/mol. The molecule has 0 saturated heterocycles. The van der Waals surface area contributed by atoms with Gasteiger partial charge < -0.3 is 26.6 Å². The van der Waals surface area contributed by atoms with E-state index in [9.17, 15) is 94.2 Å². The lowest BCUT2D eigenvalue weighted by Crippen LogP contribution is -2.26. The SMILES string of the molecule is CC(C)(F)c1cccc(CCNC(=O)c2cccc3c2cnn3-c2ccc(Cl)c(Cl)c2)c1.O=C(NCc1cccc(C(F)(F)F)c1)c1cccc2c1cnn2-c1ccc(F)c(F)c1.O=C(NCc1cccc(C(F)(F)F)c1)c1cccc2c1cnn2-c1ccc(F)cc1.O=C(NCc1cccc(C(F)(F)F)c1)c1cccc2c1cnn2-c1cccs1.O=C(NCc1cccc(C(F)(F)F)c1)c1cccc2c1cnn2-c1ccncc1. The van der Waals surface area contributed by atoms with E-state index in [2.05, 4.69) is 57.1 Å². The van der Waals surface area contributed by atoms with Crippen molar-refractivity contribution in [3.8, 4) is 27.8 Å². The van der Waals surface area contributed by atoms with E-state index in [1.165, 1.54) is 103 Å². The number of nitrogens with one attached hydrogen (secondary N) is 5. The summed E-state index contributed by atoms with van der Waals surface area (Å²) in [6.45, 7) is 3.34. The van der Waals surface area contributed by atoms with E-state index in [-0.39, 0.29) is 61.0 Å². The summed E-state index contributed by atoms with van der Waals surface area (Å²) in [6, 6.07) is 74.4. The molecule has 0 aliphatic heterocycles. The van der Waals surface area contributed by atoms with E-state index < -0.39 is 76.1 Å². The van der Waals surface area contributed by atoms with E-state index >= 15 is 0 Å². The van der Waals surface area contributed by atoms with Crippen molar-refractivity contribution in [2.45, 2.75) is 76.8 Å². The van der Waals surface area contributed by atoms with Gasteiger partial charge in [0.15, 0.2) is 11.6 Å². The van der Waals surface area contributed by atoms with Crippen molar-refractivity contribution in [2.75, 3.05) is 6.54 Å². The highest BCUT2D eigenvalue weighted by molar-refractivity contribution is 7.12. The van der Waals surface area contributed by atoms with Crippen molar-refractivity contribution in [3.05, 3.63) is 457 Å². The number of aromatic nitrogens is 11. The maximum absolute atomic E-state index is 14.2. The summed E-state index contributed by atoms with van der Waals surface area (Å²) < 4.78 is 216. The smallest absolute Gasteiger partial charge is 0.352 e. The molecule has 7 aromatic heterocycles. The van der Waals surface area contributed by atoms with Gasteiger partial charge in [0.25, 0.3) is 29.5 Å². The Bertz CT molecular complexity index is 8330. The minimum absolute atomic E-state index is 0.00178. The number of nitrogens with zero attached hydrogens (tertiary/aromatic N) is 11. The first kappa shape index (κ1) is 106. The van der Waals surface area contributed by atoms with Gasteiger partial charge in [-0.1, -0.05) is 126 Å². The number of hydrogen-bond acceptors (Lipinski definition) is 12. The lowest BCUT2D eigenvalue weighted by molar-refractivity contribution is -0.138. The van der Waals surface area contributed by atoms with Gasteiger partial charge in [0.1, 0.15) is 16.5 Å². The number of thiophene rings is 1. The molecule has 0 spiro atoms. The first-order valence-electron chi connectivity index (χ1n) is 45.5. The number of benzene rings is 13. The largest absolute Gasteiger partial charge is 0.416 e. The van der Waals surface area contributed by atoms with Crippen molar-refractivity contribution in [1.29, 1.82) is 0 Å². The normalized spacial score (nSPS) is 11.6. The van der Waals surface area contributed by atoms with Crippen molar-refractivity contribution in [2.24, 2.45) is 0 Å². The van der Waals surface area contributed by atoms with Crippen LogP contribution in [-0.2, 0) is 63.0 Å². The van der Waals surface area contributed by atoms with Gasteiger partial charge in [0.05, 0.1) is 141 Å². The predicted molar refractivity (Wildman–Crippen MR) is 538 cm³/mol. The van der Waals surface area contributed by atoms with Gasteiger partial charge in [-0.2, -0.15) is 78.2 Å². The number of halogens is 18. The van der Waals surface area contributed by atoms with Crippen LogP contribution in [0.15, 0.2) is 346 Å². The molecule has 0 aliphatic carbocycles. The van der Waals surface area contributed by atoms with Crippen molar-refractivity contribution < 1.29 is 94.2 Å². The lowest BCUT2D eigenvalue weighted by atomic mass is 9.97. The van der Waals surface area contributed by atoms with Gasteiger partial charge in [-0.05, 0) is 247 Å². The molecule has 20 aromatic rings. The summed E-state index contributed by atoms with van der Waals surface area (Å²) in [4.78, 5) is 67.5. The second kappa shape index (κ2) is 45.5. The summed E-state index contributed by atoms with van der Waals surface area (Å²) in [5.41, 5.74) is 6.39. The molecule has 0 atom stereocenters. The van der Waals surface area contributed by atoms with Crippen LogP contribution >= 0.6 is 34.5 Å². The van der Waals surface area contributed by atoms with Gasteiger partial charge in [0.2, 0.25) is 0 Å². The molecule has 0 aliphatic rings. The van der Waals surface area contributed by atoms with E-state index in [1.807, 2.05) is 66.0 Å². The standard InChI is InChI=1S/C25H22Cl2FN3O.C22H14F5N3O.C22H15F4N3O.C21H15F3N4O.C20H14F3N3OS/c1-25(2,28)17-6-3-5-16(13-17)11-12-29-24(32)19-7-4-8-23-20(19)15-30-31(23)18-9-10-21(26)22(27)14-18;23-18-8-7-15(10-19(18)24)30-20-6-2-5-16(17(20)12-29-30)21(31)28-11-13-3-1-4-14(9-13)22(25,26)27;23-16-7-9-17(10-8-16)29-20-6-2-5-18(19(20)13-28-29)21(30)27-12-14-3-1-4-15(11-14)22(24,25)26;22-21(23,24)15-4-1-3-14(11-15)12-26-20(29)17-5-2-6-19-18(17)13-27-28(19)16-7-9-25-10-8-16;21-20(22,23)14-5-1-4-13(10-14)11-24-19(27)15-6-2-7-17-16(15)12-25-26(17)18-8-3-9-28-18/h3-10,13-15H,11-12H2,1-2H3,(H,29,32);1-10,12H,11H2,(H,28,31);1-11,13H,12H2,(H,27,30);1-11,13H,12H2,(H,26,29);1-10,12H,11H2,(H,24,27). The van der Waals surface area contributed by atoms with Crippen molar-refractivity contribution >= 4 is 119 Å². The number of hydrogen-bond donors (Lipinski definition) is 5. The molecule has 7 heterocycles. The zero-order chi connectivity index (χ0) is 107. The van der Waals surface area contributed by atoms with Gasteiger partial charge in [-0.3, -0.25) is 29.0 Å². The second-order valence-corrected chi connectivity index (χ2v) is 35.7. The van der Waals surface area contributed by atoms with Crippen LogP contribution in [0, 0.1) is 17.5 Å². The van der Waals surface area contributed by atoms with Crippen LogP contribution < -0.4 is 26.6 Å². The minimum atomic E-state index is -4.47. The molecule has 0 radical (unpaired) electrons. The van der Waals surface area contributed by atoms with Crippen LogP contribution in [-0.4, -0.2) is 90.0 Å². The maximum Gasteiger partial charge on any atom is 0.416 e. The van der Waals surface area contributed by atoms with E-state index in [4.69, 9.17) is 23.2 Å². The van der Waals surface area contributed by atoms with Crippen LogP contribution in [0.2, 0.25) is 10.0 Å². The number of carbonyl (C=O) groups excluding carboxylic acids is 5. The number of carbonyl (C=O) groups is 5. The third-order valence-corrected chi connectivity index (χ3v) is 25.0. The van der Waals surface area contributed by atoms with Gasteiger partial charge in [-0.15, -0.1) is 11.3 Å². The Morgan fingerprint density at radius 3 is 0.953 bits per heavy atom. The Balaban J connectivity index is 0.000000134. The summed E-state index contributed by atoms with van der Waals surface area (Å²) in [7, 11) is 0. The Hall–Kier alpha value is -17.1. The first-order chi connectivity index (χ1) is 71.7. The van der Waals surface area contributed by atoms with Gasteiger partial charge in [-0.25, -0.2) is 41.0 Å². The number of rotatable bonds is 22. The quantitative estimate of drug-likeness (QED) is 0.0399. The van der Waals surface area contributed by atoms with Crippen LogP contribution in [0.4, 0.5) is 70.2 Å². The highest BCUT2D eigenvalue weighted by Gasteiger charge is 2.35. The molecule has 0 bridgehead atoms. The molecule has 40 heteroatoms. The molecular weight excluding hydrogens is 2030 g/mol. The molecule has 5 amide bonds. The molecule has 0 fully saturated rings. The summed E-state index contributed by atoms with van der Waals surface area (Å²) in [5, 5.41) is 42.0. The molecular formula is C110H80Cl2F16N16O5S. The zero-order valence-corrected chi connectivity index (χ0v) is 80.7. The fourth-order valence-electron chi connectivity index (χ4n) is 16.0. The fraction of sp³-hybridized carbons (Fsp3) is 0.118. The Morgan fingerprint density at radius 2 is 0.607 bits per heavy atom. The third kappa shape index (κ3) is 25.4. The molecule has 21 nitrogen and oxygen atoms in total. The van der Waals surface area contributed by atoms with E-state index in [0.717, 1.165) is 105 Å². The molecule has 20 rings (SSSR count). The summed E-state index contributed by atoms with van der Waals surface area (Å²) >= 11 is 13.7. The lowest BCUT2D eigenvalue weighted by Gasteiger charge is -2.15. The van der Waals surface area contributed by atoms with Gasteiger partial charge >= 0.3 is 24.7 Å². The summed E-state index contributed by atoms with van der Waals surface area (Å²) in [6.07, 6.45) is -6.04. The van der Waals surface area contributed by atoms with E-state index in [0.29, 0.717) is 111 Å². The predicted octanol–water partition coefficient (Wildman–Crippen LogP) is 26.3. The number of pyridine rings is 1. The second-order valence-electron chi connectivity index (χ2n) is 34.0. The third-order valence-electron chi connectivity index (χ3n) is 23.4. The van der Waals surface area contributed by atoms with Crippen LogP contribution in [0.1, 0.15) is 121 Å². The van der Waals surface area contributed by atoms with Crippen molar-refractivity contribution in [3.63, 3.8) is 0 Å². The van der Waals surface area contributed by atoms with Crippen LogP contribution in [0.5, 0.6) is 0 Å². The molecule has 0 unspecified atom stereocenters. The number of amides is 5. The van der Waals surface area contributed by atoms with Crippen molar-refractivity contribution in [1.82, 2.24) is 80.5 Å². The number of alkyl halides is 13.